The number of hydrogen-bond donors (Lipinski definition) is 5. The van der Waals surface area contributed by atoms with Crippen LogP contribution in [0.15, 0.2) is 71.0 Å². The summed E-state index contributed by atoms with van der Waals surface area (Å²) in [5.41, 5.74) is -0.155. The summed E-state index contributed by atoms with van der Waals surface area (Å²) in [5, 5.41) is 28.0. The predicted octanol–water partition coefficient (Wildman–Crippen LogP) is 2.24. The smallest absolute Gasteiger partial charge is 0.408 e. The quantitative estimate of drug-likeness (QED) is 0.434. The number of hydrogen-bond acceptors (Lipinski definition) is 7. The number of carbonyl (C=O) groups excluding carboxylic acids is 2. The molecule has 0 aliphatic carbocycles. The highest BCUT2D eigenvalue weighted by atomic mass is 19.1. The molecule has 10 heteroatoms. The molecule has 0 spiro atoms. The van der Waals surface area contributed by atoms with E-state index in [1.54, 1.807) is 13.8 Å². The summed E-state index contributed by atoms with van der Waals surface area (Å²) in [6.45, 7) is 3.29. The lowest BCUT2D eigenvalue weighted by molar-refractivity contribution is -0.118. The molecular weight excluding hydrogens is 431 g/mol. The lowest BCUT2D eigenvalue weighted by atomic mass is 10.0. The predicted molar refractivity (Wildman–Crippen MR) is 118 cm³/mol. The Hall–Kier alpha value is -3.92. The van der Waals surface area contributed by atoms with Crippen LogP contribution in [-0.2, 0) is 22.7 Å². The van der Waals surface area contributed by atoms with Crippen molar-refractivity contribution in [3.05, 3.63) is 83.0 Å². The second kappa shape index (κ2) is 10.1. The van der Waals surface area contributed by atoms with E-state index in [9.17, 15) is 24.2 Å². The molecule has 0 saturated carbocycles. The molecule has 2 amide bonds. The minimum absolute atomic E-state index is 0.0383. The molecular formula is C23H25FN4O5. The van der Waals surface area contributed by atoms with Crippen molar-refractivity contribution in [2.75, 3.05) is 0 Å². The van der Waals surface area contributed by atoms with Gasteiger partial charge >= 0.3 is 6.09 Å². The molecule has 33 heavy (non-hydrogen) atoms. The van der Waals surface area contributed by atoms with E-state index in [0.717, 1.165) is 5.56 Å². The SMILES string of the molecule is CC(C)(NC(=O)OCc1ccccc1)C1=NC(C(=O)NCc2ccc(F)cc2)=C(O)C(O)N1. The fourth-order valence-electron chi connectivity index (χ4n) is 2.96. The van der Waals surface area contributed by atoms with Gasteiger partial charge in [0.25, 0.3) is 5.91 Å². The highest BCUT2D eigenvalue weighted by Gasteiger charge is 2.35. The van der Waals surface area contributed by atoms with Crippen molar-refractivity contribution in [2.24, 2.45) is 4.99 Å². The zero-order chi connectivity index (χ0) is 24.0. The molecule has 9 nitrogen and oxygen atoms in total. The Balaban J connectivity index is 1.66. The number of alkyl carbamates (subject to hydrolysis) is 1. The summed E-state index contributed by atoms with van der Waals surface area (Å²) >= 11 is 0. The van der Waals surface area contributed by atoms with E-state index in [1.807, 2.05) is 30.3 Å². The lowest BCUT2D eigenvalue weighted by Crippen LogP contribution is -2.58. The van der Waals surface area contributed by atoms with Crippen LogP contribution in [0.4, 0.5) is 9.18 Å². The van der Waals surface area contributed by atoms with Gasteiger partial charge < -0.3 is 30.9 Å². The monoisotopic (exact) mass is 456 g/mol. The van der Waals surface area contributed by atoms with Gasteiger partial charge in [-0.15, -0.1) is 0 Å². The molecule has 2 aromatic carbocycles. The molecule has 2 aromatic rings. The first kappa shape index (κ1) is 23.7. The Morgan fingerprint density at radius 1 is 1.12 bits per heavy atom. The van der Waals surface area contributed by atoms with E-state index in [0.29, 0.717) is 5.56 Å². The van der Waals surface area contributed by atoms with E-state index in [1.165, 1.54) is 24.3 Å². The van der Waals surface area contributed by atoms with Crippen molar-refractivity contribution in [1.29, 1.82) is 0 Å². The van der Waals surface area contributed by atoms with Crippen LogP contribution in [0.25, 0.3) is 0 Å². The Bertz CT molecular complexity index is 1070. The van der Waals surface area contributed by atoms with Gasteiger partial charge in [-0.3, -0.25) is 4.79 Å². The van der Waals surface area contributed by atoms with E-state index in [4.69, 9.17) is 4.74 Å². The fourth-order valence-corrected chi connectivity index (χ4v) is 2.96. The first-order chi connectivity index (χ1) is 15.7. The van der Waals surface area contributed by atoms with Crippen LogP contribution < -0.4 is 16.0 Å². The summed E-state index contributed by atoms with van der Waals surface area (Å²) in [7, 11) is 0. The molecule has 0 fully saturated rings. The number of nitrogens with zero attached hydrogens (tertiary/aromatic N) is 1. The Morgan fingerprint density at radius 3 is 2.45 bits per heavy atom. The number of aliphatic hydroxyl groups excluding tert-OH is 2. The third kappa shape index (κ3) is 6.30. The molecule has 0 radical (unpaired) electrons. The molecule has 1 aliphatic heterocycles. The largest absolute Gasteiger partial charge is 0.506 e. The van der Waals surface area contributed by atoms with Crippen LogP contribution in [0.2, 0.25) is 0 Å². The van der Waals surface area contributed by atoms with Crippen LogP contribution in [0.5, 0.6) is 0 Å². The number of amidine groups is 1. The van der Waals surface area contributed by atoms with Gasteiger partial charge in [-0.25, -0.2) is 14.2 Å². The number of ether oxygens (including phenoxy) is 1. The molecule has 1 heterocycles. The molecule has 174 valence electrons. The zero-order valence-corrected chi connectivity index (χ0v) is 18.1. The summed E-state index contributed by atoms with van der Waals surface area (Å²) in [5.74, 6) is -1.79. The van der Waals surface area contributed by atoms with Crippen LogP contribution >= 0.6 is 0 Å². The summed E-state index contributed by atoms with van der Waals surface area (Å²) in [6.07, 6.45) is -2.34. The Labute approximate surface area is 190 Å². The zero-order valence-electron chi connectivity index (χ0n) is 18.1. The average Bonchev–Trinajstić information content (AvgIpc) is 2.79. The van der Waals surface area contributed by atoms with Gasteiger partial charge in [0.2, 0.25) is 0 Å². The van der Waals surface area contributed by atoms with Gasteiger partial charge in [-0.1, -0.05) is 42.5 Å². The van der Waals surface area contributed by atoms with Crippen LogP contribution in [-0.4, -0.2) is 39.8 Å². The van der Waals surface area contributed by atoms with Crippen LogP contribution in [0.3, 0.4) is 0 Å². The average molecular weight is 456 g/mol. The number of halogens is 1. The number of carbonyl (C=O) groups is 2. The second-order valence-corrected chi connectivity index (χ2v) is 7.86. The minimum atomic E-state index is -1.61. The van der Waals surface area contributed by atoms with E-state index < -0.39 is 41.0 Å². The first-order valence-corrected chi connectivity index (χ1v) is 10.1. The third-order valence-electron chi connectivity index (χ3n) is 4.80. The number of aliphatic hydroxyl groups is 2. The van der Waals surface area contributed by atoms with E-state index in [-0.39, 0.29) is 19.0 Å². The molecule has 0 bridgehead atoms. The van der Waals surface area contributed by atoms with Gasteiger partial charge in [0, 0.05) is 6.54 Å². The van der Waals surface area contributed by atoms with Crippen molar-refractivity contribution < 1.29 is 28.9 Å². The highest BCUT2D eigenvalue weighted by molar-refractivity contribution is 6.02. The number of benzene rings is 2. The first-order valence-electron chi connectivity index (χ1n) is 10.1. The van der Waals surface area contributed by atoms with E-state index in [2.05, 4.69) is 20.9 Å². The fraction of sp³-hybridized carbons (Fsp3) is 0.261. The summed E-state index contributed by atoms with van der Waals surface area (Å²) < 4.78 is 18.2. The molecule has 0 saturated heterocycles. The minimum Gasteiger partial charge on any atom is -0.506 e. The lowest BCUT2D eigenvalue weighted by Gasteiger charge is -2.32. The number of nitrogens with one attached hydrogen (secondary N) is 3. The molecule has 5 N–H and O–H groups in total. The highest BCUT2D eigenvalue weighted by Crippen LogP contribution is 2.18. The van der Waals surface area contributed by atoms with Crippen molar-refractivity contribution in [3.63, 3.8) is 0 Å². The van der Waals surface area contributed by atoms with Crippen molar-refractivity contribution in [1.82, 2.24) is 16.0 Å². The van der Waals surface area contributed by atoms with Crippen LogP contribution in [0, 0.1) is 5.82 Å². The molecule has 1 aliphatic rings. The second-order valence-electron chi connectivity index (χ2n) is 7.86. The molecule has 0 aromatic heterocycles. The standard InChI is InChI=1S/C23H25FN4O5/c1-23(2,28-22(32)33-13-15-6-4-3-5-7-15)21-26-17(18(29)20(31)27-21)19(30)25-12-14-8-10-16(24)11-9-14/h3-11,20,29,31H,12-13H2,1-2H3,(H,25,30)(H,26,27)(H,28,32). The molecule has 1 unspecified atom stereocenters. The number of aliphatic imine (C=N–C) groups is 1. The maximum atomic E-state index is 13.0. The molecule has 3 rings (SSSR count). The van der Waals surface area contributed by atoms with E-state index >= 15 is 0 Å². The number of rotatable bonds is 7. The Morgan fingerprint density at radius 2 is 1.79 bits per heavy atom. The van der Waals surface area contributed by atoms with Crippen LogP contribution in [0.1, 0.15) is 25.0 Å². The van der Waals surface area contributed by atoms with Crippen molar-refractivity contribution >= 4 is 17.8 Å². The maximum Gasteiger partial charge on any atom is 0.408 e. The van der Waals surface area contributed by atoms with Gasteiger partial charge in [0.15, 0.2) is 17.7 Å². The third-order valence-corrected chi connectivity index (χ3v) is 4.80. The topological polar surface area (TPSA) is 132 Å². The normalized spacial score (nSPS) is 15.9. The van der Waals surface area contributed by atoms with Gasteiger partial charge in [-0.2, -0.15) is 0 Å². The van der Waals surface area contributed by atoms with Gasteiger partial charge in [0.1, 0.15) is 18.3 Å². The maximum absolute atomic E-state index is 13.0. The van der Waals surface area contributed by atoms with Crippen molar-refractivity contribution in [2.45, 2.75) is 38.8 Å². The van der Waals surface area contributed by atoms with Crippen molar-refractivity contribution in [3.8, 4) is 0 Å². The van der Waals surface area contributed by atoms with Gasteiger partial charge in [-0.05, 0) is 37.1 Å². The summed E-state index contributed by atoms with van der Waals surface area (Å²) in [6, 6.07) is 14.6. The summed E-state index contributed by atoms with van der Waals surface area (Å²) in [4.78, 5) is 29.0. The van der Waals surface area contributed by atoms with Gasteiger partial charge in [0.05, 0.1) is 5.54 Å². The number of amides is 2. The Kier molecular flexibility index (Phi) is 7.29. The molecule has 1 atom stereocenters.